The van der Waals surface area contributed by atoms with Crippen molar-refractivity contribution in [1.29, 1.82) is 0 Å². The largest absolute Gasteiger partial charge is 0.340 e. The second-order valence-corrected chi connectivity index (χ2v) is 8.18. The van der Waals surface area contributed by atoms with Gasteiger partial charge in [0, 0.05) is 32.6 Å². The van der Waals surface area contributed by atoms with Crippen LogP contribution in [-0.2, 0) is 14.8 Å². The number of carbonyl (C=O) groups is 1. The van der Waals surface area contributed by atoms with Gasteiger partial charge in [-0.2, -0.15) is 4.31 Å². The molecule has 0 saturated carbocycles. The first-order valence-electron chi connectivity index (χ1n) is 7.89. The third-order valence-corrected chi connectivity index (χ3v) is 5.97. The van der Waals surface area contributed by atoms with Gasteiger partial charge in [0.05, 0.1) is 0 Å². The Morgan fingerprint density at radius 2 is 1.92 bits per heavy atom. The van der Waals surface area contributed by atoms with Crippen molar-refractivity contribution >= 4 is 27.0 Å². The van der Waals surface area contributed by atoms with Crippen molar-refractivity contribution in [1.82, 2.24) is 19.5 Å². The Balaban J connectivity index is 1.76. The van der Waals surface area contributed by atoms with Gasteiger partial charge in [-0.25, -0.2) is 13.0 Å². The molecular weight excluding hydrogens is 332 g/mol. The lowest BCUT2D eigenvalue weighted by Gasteiger charge is -2.34. The van der Waals surface area contributed by atoms with Gasteiger partial charge in [-0.3, -0.25) is 4.79 Å². The summed E-state index contributed by atoms with van der Waals surface area (Å²) in [6.07, 6.45) is 0.483. The Morgan fingerprint density at radius 1 is 1.21 bits per heavy atom. The first-order valence-corrected chi connectivity index (χ1v) is 9.33. The minimum atomic E-state index is -3.70. The Hall–Kier alpha value is -2.00. The highest BCUT2D eigenvalue weighted by Crippen LogP contribution is 2.24. The fourth-order valence-corrected chi connectivity index (χ4v) is 4.34. The lowest BCUT2D eigenvalue weighted by Crippen LogP contribution is -2.50. The molecule has 0 N–H and O–H groups in total. The summed E-state index contributed by atoms with van der Waals surface area (Å²) in [5, 5.41) is 7.38. The predicted octanol–water partition coefficient (Wildman–Crippen LogP) is 1.10. The van der Waals surface area contributed by atoms with Crippen LogP contribution in [0.5, 0.6) is 0 Å². The normalized spacial score (nSPS) is 16.9. The lowest BCUT2D eigenvalue weighted by molar-refractivity contribution is -0.133. The van der Waals surface area contributed by atoms with Crippen LogP contribution in [0.1, 0.15) is 20.3 Å². The van der Waals surface area contributed by atoms with E-state index in [9.17, 15) is 13.2 Å². The highest BCUT2D eigenvalue weighted by Gasteiger charge is 2.32. The molecule has 0 spiro atoms. The molecule has 8 nitrogen and oxygen atoms in total. The molecule has 2 aromatic rings. The minimum Gasteiger partial charge on any atom is -0.340 e. The number of aromatic nitrogens is 2. The van der Waals surface area contributed by atoms with Crippen molar-refractivity contribution < 1.29 is 17.8 Å². The van der Waals surface area contributed by atoms with E-state index in [0.29, 0.717) is 25.0 Å². The maximum absolute atomic E-state index is 12.9. The van der Waals surface area contributed by atoms with E-state index in [1.165, 1.54) is 10.4 Å². The number of piperazine rings is 1. The second-order valence-electron chi connectivity index (χ2n) is 6.27. The Morgan fingerprint density at radius 3 is 2.58 bits per heavy atom. The number of nitrogens with zero attached hydrogens (tertiary/aromatic N) is 4. The van der Waals surface area contributed by atoms with Gasteiger partial charge in [0.15, 0.2) is 5.52 Å². The molecular formula is C15H20N4O4S. The Kier molecular flexibility index (Phi) is 4.55. The maximum Gasteiger partial charge on any atom is 0.245 e. The van der Waals surface area contributed by atoms with Crippen LogP contribution in [-0.4, -0.2) is 60.0 Å². The van der Waals surface area contributed by atoms with Crippen molar-refractivity contribution in [3.8, 4) is 0 Å². The molecule has 130 valence electrons. The Bertz CT molecular complexity index is 838. The molecule has 0 atom stereocenters. The van der Waals surface area contributed by atoms with E-state index in [1.807, 2.05) is 13.8 Å². The molecule has 0 bridgehead atoms. The molecule has 1 saturated heterocycles. The van der Waals surface area contributed by atoms with Gasteiger partial charge in [0.25, 0.3) is 0 Å². The average molecular weight is 352 g/mol. The fourth-order valence-electron chi connectivity index (χ4n) is 2.78. The minimum absolute atomic E-state index is 0.0739. The van der Waals surface area contributed by atoms with Crippen LogP contribution in [0.3, 0.4) is 0 Å². The zero-order valence-corrected chi connectivity index (χ0v) is 14.5. The summed E-state index contributed by atoms with van der Waals surface area (Å²) in [5.41, 5.74) is 0.637. The van der Waals surface area contributed by atoms with Gasteiger partial charge in [-0.1, -0.05) is 19.9 Å². The zero-order valence-electron chi connectivity index (χ0n) is 13.7. The van der Waals surface area contributed by atoms with Gasteiger partial charge in [-0.15, -0.1) is 0 Å². The standard InChI is InChI=1S/C15H20N4O4S/c1-11(2)10-14(20)18-6-8-19(9-7-18)24(21,22)13-5-3-4-12-15(13)17-23-16-12/h3-5,11H,6-10H2,1-2H3. The SMILES string of the molecule is CC(C)CC(=O)N1CCN(S(=O)(=O)c2cccc3nonc23)CC1. The first kappa shape index (κ1) is 16.8. The van der Waals surface area contributed by atoms with Crippen molar-refractivity contribution in [2.75, 3.05) is 26.2 Å². The molecule has 24 heavy (non-hydrogen) atoms. The van der Waals surface area contributed by atoms with Gasteiger partial charge in [0.2, 0.25) is 15.9 Å². The fraction of sp³-hybridized carbons (Fsp3) is 0.533. The van der Waals surface area contributed by atoms with Crippen LogP contribution in [0.15, 0.2) is 27.7 Å². The van der Waals surface area contributed by atoms with Crippen molar-refractivity contribution in [3.05, 3.63) is 18.2 Å². The molecule has 0 unspecified atom stereocenters. The van der Waals surface area contributed by atoms with Crippen molar-refractivity contribution in [3.63, 3.8) is 0 Å². The average Bonchev–Trinajstić information content (AvgIpc) is 3.02. The highest BCUT2D eigenvalue weighted by atomic mass is 32.2. The van der Waals surface area contributed by atoms with Gasteiger partial charge >= 0.3 is 0 Å². The Labute approximate surface area is 140 Å². The number of sulfonamides is 1. The van der Waals surface area contributed by atoms with E-state index in [-0.39, 0.29) is 35.3 Å². The van der Waals surface area contributed by atoms with Gasteiger partial charge in [-0.05, 0) is 28.4 Å². The van der Waals surface area contributed by atoms with Crippen LogP contribution in [0.25, 0.3) is 11.0 Å². The summed E-state index contributed by atoms with van der Waals surface area (Å²) in [5.74, 6) is 0.362. The lowest BCUT2D eigenvalue weighted by atomic mass is 10.1. The summed E-state index contributed by atoms with van der Waals surface area (Å²) in [7, 11) is -3.70. The monoisotopic (exact) mass is 352 g/mol. The molecule has 1 amide bonds. The van der Waals surface area contributed by atoms with E-state index in [0.717, 1.165) is 0 Å². The van der Waals surface area contributed by atoms with Gasteiger partial charge < -0.3 is 4.90 Å². The number of amides is 1. The molecule has 1 aromatic heterocycles. The number of benzene rings is 1. The van der Waals surface area contributed by atoms with Crippen LogP contribution in [0.4, 0.5) is 0 Å². The third-order valence-electron chi connectivity index (χ3n) is 4.04. The van der Waals surface area contributed by atoms with E-state index >= 15 is 0 Å². The molecule has 1 aromatic carbocycles. The molecule has 9 heteroatoms. The summed E-state index contributed by atoms with van der Waals surface area (Å²) >= 11 is 0. The smallest absolute Gasteiger partial charge is 0.245 e. The number of rotatable bonds is 4. The van der Waals surface area contributed by atoms with Crippen LogP contribution >= 0.6 is 0 Å². The summed E-state index contributed by atoms with van der Waals surface area (Å²) in [6.45, 7) is 5.33. The molecule has 0 radical (unpaired) electrons. The van der Waals surface area contributed by atoms with Crippen LogP contribution in [0, 0.1) is 5.92 Å². The summed E-state index contributed by atoms with van der Waals surface area (Å²) in [4.78, 5) is 13.9. The van der Waals surface area contributed by atoms with Crippen molar-refractivity contribution in [2.45, 2.75) is 25.2 Å². The predicted molar refractivity (Wildman–Crippen MR) is 86.6 cm³/mol. The highest BCUT2D eigenvalue weighted by molar-refractivity contribution is 7.89. The van der Waals surface area contributed by atoms with E-state index < -0.39 is 10.0 Å². The molecule has 1 fully saturated rings. The number of fused-ring (bicyclic) bond motifs is 1. The quantitative estimate of drug-likeness (QED) is 0.817. The molecule has 1 aliphatic rings. The molecule has 2 heterocycles. The van der Waals surface area contributed by atoms with Gasteiger partial charge in [0.1, 0.15) is 10.4 Å². The summed E-state index contributed by atoms with van der Waals surface area (Å²) < 4.78 is 31.8. The molecule has 0 aliphatic carbocycles. The van der Waals surface area contributed by atoms with E-state index in [4.69, 9.17) is 0 Å². The van der Waals surface area contributed by atoms with Crippen LogP contribution in [0.2, 0.25) is 0 Å². The second kappa shape index (κ2) is 6.48. The van der Waals surface area contributed by atoms with E-state index in [1.54, 1.807) is 17.0 Å². The maximum atomic E-state index is 12.9. The topological polar surface area (TPSA) is 96.6 Å². The summed E-state index contributed by atoms with van der Waals surface area (Å²) in [6, 6.07) is 4.76. The molecule has 1 aliphatic heterocycles. The van der Waals surface area contributed by atoms with Crippen LogP contribution < -0.4 is 0 Å². The number of hydrogen-bond acceptors (Lipinski definition) is 6. The van der Waals surface area contributed by atoms with E-state index in [2.05, 4.69) is 14.9 Å². The first-order chi connectivity index (χ1) is 11.4. The van der Waals surface area contributed by atoms with Crippen molar-refractivity contribution in [2.24, 2.45) is 5.92 Å². The number of hydrogen-bond donors (Lipinski definition) is 0. The number of carbonyl (C=O) groups excluding carboxylic acids is 1. The molecule has 3 rings (SSSR count). The zero-order chi connectivity index (χ0) is 17.3. The third kappa shape index (κ3) is 3.13.